The van der Waals surface area contributed by atoms with Gasteiger partial charge in [-0.1, -0.05) is 23.7 Å². The van der Waals surface area contributed by atoms with Crippen LogP contribution in [0.1, 0.15) is 27.7 Å². The summed E-state index contributed by atoms with van der Waals surface area (Å²) in [5.74, 6) is -0.852. The molecule has 1 aliphatic rings. The van der Waals surface area contributed by atoms with Crippen molar-refractivity contribution in [2.24, 2.45) is 0 Å². The maximum Gasteiger partial charge on any atom is 0.290 e. The summed E-state index contributed by atoms with van der Waals surface area (Å²) in [4.78, 5) is 26.8. The topological polar surface area (TPSA) is 50.5 Å². The molecule has 0 saturated carbocycles. The van der Waals surface area contributed by atoms with E-state index in [2.05, 4.69) is 0 Å². The zero-order valence-electron chi connectivity index (χ0n) is 12.5. The van der Waals surface area contributed by atoms with Crippen LogP contribution in [0.15, 0.2) is 51.7 Å². The molecular weight excluding hydrogens is 333 g/mol. The molecular formula is C18H11ClFNO3. The van der Waals surface area contributed by atoms with Crippen LogP contribution in [-0.2, 0) is 0 Å². The summed E-state index contributed by atoms with van der Waals surface area (Å²) in [6.45, 7) is 0. The lowest BCUT2D eigenvalue weighted by Crippen LogP contribution is -2.25. The van der Waals surface area contributed by atoms with E-state index in [1.165, 1.54) is 23.1 Å². The van der Waals surface area contributed by atoms with E-state index in [1.807, 2.05) is 0 Å². The van der Waals surface area contributed by atoms with Gasteiger partial charge in [-0.2, -0.15) is 0 Å². The number of carbonyl (C=O) groups is 1. The van der Waals surface area contributed by atoms with Crippen molar-refractivity contribution >= 4 is 28.5 Å². The Hall–Kier alpha value is -2.66. The van der Waals surface area contributed by atoms with Gasteiger partial charge in [-0.25, -0.2) is 4.39 Å². The lowest BCUT2D eigenvalue weighted by atomic mass is 9.99. The Morgan fingerprint density at radius 2 is 1.96 bits per heavy atom. The van der Waals surface area contributed by atoms with E-state index in [0.29, 0.717) is 21.6 Å². The first-order valence-corrected chi connectivity index (χ1v) is 7.64. The lowest BCUT2D eigenvalue weighted by Gasteiger charge is -2.20. The quantitative estimate of drug-likeness (QED) is 0.676. The van der Waals surface area contributed by atoms with Gasteiger partial charge in [0, 0.05) is 12.1 Å². The van der Waals surface area contributed by atoms with E-state index in [-0.39, 0.29) is 16.8 Å². The first-order valence-electron chi connectivity index (χ1n) is 7.26. The molecule has 0 saturated heterocycles. The van der Waals surface area contributed by atoms with E-state index >= 15 is 0 Å². The number of nitrogens with zero attached hydrogens (tertiary/aromatic N) is 1. The minimum Gasteiger partial charge on any atom is -0.450 e. The Morgan fingerprint density at radius 1 is 1.17 bits per heavy atom. The molecule has 0 fully saturated rings. The zero-order valence-corrected chi connectivity index (χ0v) is 13.3. The van der Waals surface area contributed by atoms with Gasteiger partial charge in [0.25, 0.3) is 5.91 Å². The molecule has 3 aromatic rings. The Balaban J connectivity index is 2.05. The smallest absolute Gasteiger partial charge is 0.290 e. The SMILES string of the molecule is CN1C(=O)c2oc3ccc(Cl)cc3c(=O)c2[C@@H]1c1cccc(F)c1. The summed E-state index contributed by atoms with van der Waals surface area (Å²) in [6.07, 6.45) is 0. The first kappa shape index (κ1) is 14.9. The highest BCUT2D eigenvalue weighted by atomic mass is 35.5. The highest BCUT2D eigenvalue weighted by Crippen LogP contribution is 2.37. The second-order valence-electron chi connectivity index (χ2n) is 5.69. The third-order valence-corrected chi connectivity index (χ3v) is 4.46. The summed E-state index contributed by atoms with van der Waals surface area (Å²) >= 11 is 5.97. The fourth-order valence-electron chi connectivity index (χ4n) is 3.13. The lowest BCUT2D eigenvalue weighted by molar-refractivity contribution is 0.0771. The van der Waals surface area contributed by atoms with Gasteiger partial charge < -0.3 is 9.32 Å². The molecule has 120 valence electrons. The number of benzene rings is 2. The number of hydrogen-bond acceptors (Lipinski definition) is 3. The van der Waals surface area contributed by atoms with Crippen molar-refractivity contribution in [2.45, 2.75) is 6.04 Å². The minimum atomic E-state index is -0.692. The maximum absolute atomic E-state index is 13.6. The van der Waals surface area contributed by atoms with Crippen LogP contribution < -0.4 is 5.43 Å². The van der Waals surface area contributed by atoms with Crippen LogP contribution in [0.3, 0.4) is 0 Å². The molecule has 0 aliphatic carbocycles. The van der Waals surface area contributed by atoms with Gasteiger partial charge in [-0.05, 0) is 35.9 Å². The summed E-state index contributed by atoms with van der Waals surface area (Å²) in [7, 11) is 1.56. The maximum atomic E-state index is 13.6. The van der Waals surface area contributed by atoms with E-state index in [1.54, 1.807) is 31.3 Å². The third kappa shape index (κ3) is 2.05. The van der Waals surface area contributed by atoms with Crippen molar-refractivity contribution in [3.8, 4) is 0 Å². The Kier molecular flexibility index (Phi) is 3.21. The van der Waals surface area contributed by atoms with Gasteiger partial charge >= 0.3 is 0 Å². The van der Waals surface area contributed by atoms with Crippen LogP contribution in [0.25, 0.3) is 11.0 Å². The summed E-state index contributed by atoms with van der Waals surface area (Å²) in [6, 6.07) is 9.80. The van der Waals surface area contributed by atoms with E-state index in [0.717, 1.165) is 0 Å². The number of halogens is 2. The molecule has 2 heterocycles. The zero-order chi connectivity index (χ0) is 17.0. The second-order valence-corrected chi connectivity index (χ2v) is 6.12. The van der Waals surface area contributed by atoms with Crippen molar-refractivity contribution in [2.75, 3.05) is 7.05 Å². The summed E-state index contributed by atoms with van der Waals surface area (Å²) in [5, 5.41) is 0.695. The predicted octanol–water partition coefficient (Wildman–Crippen LogP) is 3.76. The van der Waals surface area contributed by atoms with E-state index < -0.39 is 17.8 Å². The van der Waals surface area contributed by atoms with Crippen molar-refractivity contribution in [1.29, 1.82) is 0 Å². The largest absolute Gasteiger partial charge is 0.450 e. The molecule has 6 heteroatoms. The van der Waals surface area contributed by atoms with Crippen LogP contribution in [0.5, 0.6) is 0 Å². The monoisotopic (exact) mass is 343 g/mol. The molecule has 1 aromatic heterocycles. The molecule has 0 radical (unpaired) electrons. The van der Waals surface area contributed by atoms with Crippen LogP contribution >= 0.6 is 11.6 Å². The first-order chi connectivity index (χ1) is 11.5. The Bertz CT molecular complexity index is 1060. The standard InChI is InChI=1S/C18H11ClFNO3/c1-21-15(9-3-2-4-11(20)7-9)14-16(22)12-8-10(19)5-6-13(12)24-17(14)18(21)23/h2-8,15H,1H3/t15-/m0/s1. The highest BCUT2D eigenvalue weighted by molar-refractivity contribution is 6.31. The van der Waals surface area contributed by atoms with Crippen LogP contribution in [-0.4, -0.2) is 17.9 Å². The average molecular weight is 344 g/mol. The molecule has 1 aliphatic heterocycles. The van der Waals surface area contributed by atoms with Crippen LogP contribution in [0.4, 0.5) is 4.39 Å². The van der Waals surface area contributed by atoms with Crippen molar-refractivity contribution in [3.63, 3.8) is 0 Å². The number of rotatable bonds is 1. The van der Waals surface area contributed by atoms with Crippen molar-refractivity contribution in [3.05, 3.63) is 80.4 Å². The van der Waals surface area contributed by atoms with Crippen LogP contribution in [0, 0.1) is 5.82 Å². The summed E-state index contributed by atoms with van der Waals surface area (Å²) in [5.41, 5.74) is 0.687. The number of amides is 1. The third-order valence-electron chi connectivity index (χ3n) is 4.23. The number of hydrogen-bond donors (Lipinski definition) is 0. The number of carbonyl (C=O) groups excluding carboxylic acids is 1. The second kappa shape index (κ2) is 5.18. The average Bonchev–Trinajstić information content (AvgIpc) is 2.81. The van der Waals surface area contributed by atoms with E-state index in [9.17, 15) is 14.0 Å². The van der Waals surface area contributed by atoms with Crippen LogP contribution in [0.2, 0.25) is 5.02 Å². The highest BCUT2D eigenvalue weighted by Gasteiger charge is 2.40. The molecule has 1 atom stereocenters. The molecule has 24 heavy (non-hydrogen) atoms. The van der Waals surface area contributed by atoms with Crippen molar-refractivity contribution in [1.82, 2.24) is 4.90 Å². The predicted molar refractivity (Wildman–Crippen MR) is 87.8 cm³/mol. The van der Waals surface area contributed by atoms with Gasteiger partial charge in [0.05, 0.1) is 17.0 Å². The molecule has 1 amide bonds. The molecule has 0 unspecified atom stereocenters. The molecule has 0 N–H and O–H groups in total. The molecule has 0 bridgehead atoms. The number of fused-ring (bicyclic) bond motifs is 2. The minimum absolute atomic E-state index is 0.00779. The normalized spacial score (nSPS) is 16.7. The fraction of sp³-hybridized carbons (Fsp3) is 0.111. The molecule has 4 rings (SSSR count). The Morgan fingerprint density at radius 3 is 2.71 bits per heavy atom. The Labute approximate surface area is 141 Å². The van der Waals surface area contributed by atoms with E-state index in [4.69, 9.17) is 16.0 Å². The summed E-state index contributed by atoms with van der Waals surface area (Å²) < 4.78 is 19.3. The fourth-order valence-corrected chi connectivity index (χ4v) is 3.30. The van der Waals surface area contributed by atoms with Gasteiger partial charge in [0.15, 0.2) is 5.43 Å². The molecule has 0 spiro atoms. The van der Waals surface area contributed by atoms with Gasteiger partial charge in [0.2, 0.25) is 5.76 Å². The van der Waals surface area contributed by atoms with Crippen molar-refractivity contribution < 1.29 is 13.6 Å². The molecule has 2 aromatic carbocycles. The van der Waals surface area contributed by atoms with Gasteiger partial charge in [-0.15, -0.1) is 0 Å². The van der Waals surface area contributed by atoms with Gasteiger partial charge in [0.1, 0.15) is 11.4 Å². The van der Waals surface area contributed by atoms with Gasteiger partial charge in [-0.3, -0.25) is 9.59 Å². The molecule has 4 nitrogen and oxygen atoms in total.